The Hall–Kier alpha value is 0.150. The van der Waals surface area contributed by atoms with Crippen LogP contribution in [0, 0.1) is 16.7 Å². The summed E-state index contributed by atoms with van der Waals surface area (Å²) in [5.74, 6) is 0.999. The van der Waals surface area contributed by atoms with Crippen molar-refractivity contribution in [1.29, 1.82) is 0 Å². The van der Waals surface area contributed by atoms with E-state index in [1.54, 1.807) is 0 Å². The SMILES string of the molecule is CC1(C)C2CC[C@@]1(C)C(=O)C2Br. The Bertz CT molecular complexity index is 246. The summed E-state index contributed by atoms with van der Waals surface area (Å²) in [7, 11) is 0. The monoisotopic (exact) mass is 230 g/mol. The van der Waals surface area contributed by atoms with E-state index in [4.69, 9.17) is 0 Å². The number of alkyl halides is 1. The highest BCUT2D eigenvalue weighted by atomic mass is 79.9. The number of carbonyl (C=O) groups excluding carboxylic acids is 1. The lowest BCUT2D eigenvalue weighted by molar-refractivity contribution is -0.127. The topological polar surface area (TPSA) is 17.1 Å². The van der Waals surface area contributed by atoms with Gasteiger partial charge in [-0.15, -0.1) is 0 Å². The van der Waals surface area contributed by atoms with Gasteiger partial charge in [0, 0.05) is 5.41 Å². The Kier molecular flexibility index (Phi) is 1.56. The van der Waals surface area contributed by atoms with Gasteiger partial charge in [-0.3, -0.25) is 4.79 Å². The second-order valence-corrected chi connectivity index (χ2v) is 5.95. The summed E-state index contributed by atoms with van der Waals surface area (Å²) < 4.78 is 0. The molecule has 0 aliphatic heterocycles. The van der Waals surface area contributed by atoms with Gasteiger partial charge in [0.05, 0.1) is 4.83 Å². The van der Waals surface area contributed by atoms with Crippen LogP contribution in [-0.4, -0.2) is 10.6 Å². The summed E-state index contributed by atoms with van der Waals surface area (Å²) in [5.41, 5.74) is 0.157. The number of fused-ring (bicyclic) bond motifs is 2. The Balaban J connectivity index is 2.50. The van der Waals surface area contributed by atoms with E-state index in [2.05, 4.69) is 36.7 Å². The molecule has 12 heavy (non-hydrogen) atoms. The molecule has 2 unspecified atom stereocenters. The second-order valence-electron chi connectivity index (χ2n) is 4.96. The Labute approximate surface area is 82.0 Å². The van der Waals surface area contributed by atoms with E-state index < -0.39 is 0 Å². The molecule has 0 aromatic carbocycles. The fourth-order valence-corrected chi connectivity index (χ4v) is 4.41. The molecular formula is C10H15BrO. The van der Waals surface area contributed by atoms with Crippen molar-refractivity contribution in [3.63, 3.8) is 0 Å². The molecule has 1 nitrogen and oxygen atoms in total. The number of hydrogen-bond donors (Lipinski definition) is 0. The number of carbonyl (C=O) groups is 1. The highest BCUT2D eigenvalue weighted by Gasteiger charge is 2.65. The molecule has 0 saturated heterocycles. The van der Waals surface area contributed by atoms with Crippen molar-refractivity contribution in [2.45, 2.75) is 38.4 Å². The molecule has 2 saturated carbocycles. The molecule has 2 aliphatic carbocycles. The number of ketones is 1. The number of halogens is 1. The highest BCUT2D eigenvalue weighted by molar-refractivity contribution is 9.10. The van der Waals surface area contributed by atoms with Crippen molar-refractivity contribution >= 4 is 21.7 Å². The summed E-state index contributed by atoms with van der Waals surface area (Å²) in [6.45, 7) is 6.62. The van der Waals surface area contributed by atoms with E-state index in [0.29, 0.717) is 11.7 Å². The zero-order valence-electron chi connectivity index (χ0n) is 7.86. The molecule has 0 heterocycles. The first kappa shape index (κ1) is 8.74. The molecule has 0 spiro atoms. The first-order valence-corrected chi connectivity index (χ1v) is 5.51. The molecule has 0 amide bonds. The van der Waals surface area contributed by atoms with Crippen molar-refractivity contribution in [3.05, 3.63) is 0 Å². The zero-order chi connectivity index (χ0) is 9.15. The quantitative estimate of drug-likeness (QED) is 0.586. The average molecular weight is 231 g/mol. The summed E-state index contributed by atoms with van der Waals surface area (Å²) in [4.78, 5) is 12.0. The fraction of sp³-hybridized carbons (Fsp3) is 0.900. The maximum atomic E-state index is 11.9. The molecule has 2 rings (SSSR count). The maximum Gasteiger partial charge on any atom is 0.153 e. The molecule has 2 fully saturated rings. The van der Waals surface area contributed by atoms with E-state index >= 15 is 0 Å². The van der Waals surface area contributed by atoms with Crippen molar-refractivity contribution in [2.75, 3.05) is 0 Å². The van der Waals surface area contributed by atoms with Gasteiger partial charge in [-0.25, -0.2) is 0 Å². The van der Waals surface area contributed by atoms with Crippen LogP contribution in [0.25, 0.3) is 0 Å². The van der Waals surface area contributed by atoms with Crippen LogP contribution in [0.5, 0.6) is 0 Å². The molecule has 0 radical (unpaired) electrons. The van der Waals surface area contributed by atoms with Crippen LogP contribution in [0.2, 0.25) is 0 Å². The van der Waals surface area contributed by atoms with Crippen LogP contribution in [0.3, 0.4) is 0 Å². The lowest BCUT2D eigenvalue weighted by Gasteiger charge is -2.32. The van der Waals surface area contributed by atoms with E-state index in [-0.39, 0.29) is 15.7 Å². The van der Waals surface area contributed by atoms with E-state index in [0.717, 1.165) is 6.42 Å². The normalized spacial score (nSPS) is 50.2. The second kappa shape index (κ2) is 2.14. The van der Waals surface area contributed by atoms with E-state index in [1.807, 2.05) is 0 Å². The van der Waals surface area contributed by atoms with Gasteiger partial charge in [0.2, 0.25) is 0 Å². The smallest absolute Gasteiger partial charge is 0.153 e. The molecule has 68 valence electrons. The Morgan fingerprint density at radius 1 is 1.42 bits per heavy atom. The summed E-state index contributed by atoms with van der Waals surface area (Å²) in [6.07, 6.45) is 2.30. The van der Waals surface area contributed by atoms with Gasteiger partial charge in [0.25, 0.3) is 0 Å². The van der Waals surface area contributed by atoms with Gasteiger partial charge < -0.3 is 0 Å². The van der Waals surface area contributed by atoms with Crippen LogP contribution >= 0.6 is 15.9 Å². The van der Waals surface area contributed by atoms with Crippen molar-refractivity contribution in [2.24, 2.45) is 16.7 Å². The third kappa shape index (κ3) is 0.688. The largest absolute Gasteiger partial charge is 0.298 e. The number of Topliss-reactive ketones (excluding diaryl/α,β-unsaturated/α-hetero) is 1. The minimum atomic E-state index is -0.0498. The fourth-order valence-electron chi connectivity index (χ4n) is 2.98. The van der Waals surface area contributed by atoms with Crippen LogP contribution in [-0.2, 0) is 4.79 Å². The molecule has 2 heteroatoms. The van der Waals surface area contributed by atoms with Crippen LogP contribution in [0.1, 0.15) is 33.6 Å². The first-order chi connectivity index (χ1) is 5.41. The average Bonchev–Trinajstić information content (AvgIpc) is 2.26. The Morgan fingerprint density at radius 2 is 2.00 bits per heavy atom. The summed E-state index contributed by atoms with van der Waals surface area (Å²) >= 11 is 3.52. The van der Waals surface area contributed by atoms with Gasteiger partial charge in [0.15, 0.2) is 5.78 Å². The standard InChI is InChI=1S/C10H15BrO/c1-9(2)6-4-5-10(9,3)8(12)7(6)11/h6-7H,4-5H2,1-3H3/t6?,7?,10-/m0/s1. The molecule has 0 aromatic heterocycles. The predicted molar refractivity (Wildman–Crippen MR) is 52.3 cm³/mol. The van der Waals surface area contributed by atoms with Crippen LogP contribution in [0.4, 0.5) is 0 Å². The van der Waals surface area contributed by atoms with Crippen LogP contribution < -0.4 is 0 Å². The van der Waals surface area contributed by atoms with Crippen molar-refractivity contribution in [3.8, 4) is 0 Å². The molecule has 2 aliphatic rings. The molecule has 0 N–H and O–H groups in total. The molecular weight excluding hydrogens is 216 g/mol. The molecule has 0 aromatic rings. The minimum absolute atomic E-state index is 0.0498. The highest BCUT2D eigenvalue weighted by Crippen LogP contribution is 2.65. The number of hydrogen-bond acceptors (Lipinski definition) is 1. The summed E-state index contributed by atoms with van der Waals surface area (Å²) in [6, 6.07) is 0. The van der Waals surface area contributed by atoms with E-state index in [9.17, 15) is 4.79 Å². The lowest BCUT2D eigenvalue weighted by Crippen LogP contribution is -2.33. The van der Waals surface area contributed by atoms with Crippen molar-refractivity contribution < 1.29 is 4.79 Å². The Morgan fingerprint density at radius 3 is 2.25 bits per heavy atom. The molecule has 3 atom stereocenters. The van der Waals surface area contributed by atoms with Gasteiger partial charge in [0.1, 0.15) is 0 Å². The molecule has 2 bridgehead atoms. The first-order valence-electron chi connectivity index (χ1n) is 4.59. The zero-order valence-corrected chi connectivity index (χ0v) is 9.44. The van der Waals surface area contributed by atoms with Crippen LogP contribution in [0.15, 0.2) is 0 Å². The lowest BCUT2D eigenvalue weighted by atomic mass is 9.70. The van der Waals surface area contributed by atoms with Gasteiger partial charge in [-0.2, -0.15) is 0 Å². The van der Waals surface area contributed by atoms with Crippen molar-refractivity contribution in [1.82, 2.24) is 0 Å². The minimum Gasteiger partial charge on any atom is -0.298 e. The summed E-state index contributed by atoms with van der Waals surface area (Å²) in [5, 5.41) is 0. The third-order valence-corrected chi connectivity index (χ3v) is 5.51. The number of rotatable bonds is 0. The van der Waals surface area contributed by atoms with E-state index in [1.165, 1.54) is 6.42 Å². The van der Waals surface area contributed by atoms with Gasteiger partial charge in [-0.05, 0) is 24.2 Å². The maximum absolute atomic E-state index is 11.9. The van der Waals surface area contributed by atoms with Gasteiger partial charge >= 0.3 is 0 Å². The third-order valence-electron chi connectivity index (χ3n) is 4.45. The van der Waals surface area contributed by atoms with Gasteiger partial charge in [-0.1, -0.05) is 36.7 Å². The predicted octanol–water partition coefficient (Wildman–Crippen LogP) is 2.78.